The Labute approximate surface area is 169 Å². The van der Waals surface area contributed by atoms with Crippen LogP contribution < -0.4 is 5.32 Å². The molecule has 2 heterocycles. The molecule has 150 valence electrons. The lowest BCUT2D eigenvalue weighted by Gasteiger charge is -2.29. The number of halogens is 5. The van der Waals surface area contributed by atoms with Crippen molar-refractivity contribution in [2.75, 3.05) is 13.2 Å². The number of alkyl halides is 3. The average molecular weight is 434 g/mol. The zero-order valence-corrected chi connectivity index (χ0v) is 16.0. The van der Waals surface area contributed by atoms with Gasteiger partial charge in [-0.15, -0.1) is 0 Å². The van der Waals surface area contributed by atoms with Crippen LogP contribution in [0.1, 0.15) is 40.7 Å². The summed E-state index contributed by atoms with van der Waals surface area (Å²) < 4.78 is 43.4. The van der Waals surface area contributed by atoms with Crippen molar-refractivity contribution in [2.45, 2.75) is 25.1 Å². The Morgan fingerprint density at radius 3 is 2.64 bits per heavy atom. The molecule has 1 aliphatic rings. The second-order valence-electron chi connectivity index (χ2n) is 6.40. The topological polar surface area (TPSA) is 64.1 Å². The second kappa shape index (κ2) is 8.63. The molecule has 2 unspecified atom stereocenters. The number of carbonyl (C=O) groups excluding carboxylic acids is 1. The molecule has 5 nitrogen and oxygen atoms in total. The molecule has 0 bridgehead atoms. The van der Waals surface area contributed by atoms with E-state index < -0.39 is 18.1 Å². The minimum atomic E-state index is -4.58. The van der Waals surface area contributed by atoms with E-state index in [0.29, 0.717) is 36.6 Å². The molecule has 0 aliphatic carbocycles. The van der Waals surface area contributed by atoms with Gasteiger partial charge in [-0.2, -0.15) is 13.2 Å². The van der Waals surface area contributed by atoms with Crippen molar-refractivity contribution in [2.24, 2.45) is 5.92 Å². The maximum absolute atomic E-state index is 12.6. The largest absolute Gasteiger partial charge is 0.451 e. The summed E-state index contributed by atoms with van der Waals surface area (Å²) in [7, 11) is 0. The van der Waals surface area contributed by atoms with Gasteiger partial charge in [-0.1, -0.05) is 29.3 Å². The first-order chi connectivity index (χ1) is 13.3. The zero-order valence-electron chi connectivity index (χ0n) is 14.5. The Kier molecular flexibility index (Phi) is 6.42. The van der Waals surface area contributed by atoms with E-state index in [9.17, 15) is 18.0 Å². The number of ether oxygens (including phenoxy) is 1. The standard InChI is InChI=1S/C18H16Cl2F3N3O2/c19-13-3-1-2-12(15(13)20)16(27)24-7-10-4-5-28-14(6-10)11-8-25-17(26-9-11)18(21,22)23/h1-3,8-10,14H,4-7H2,(H,24,27). The Morgan fingerprint density at radius 2 is 1.96 bits per heavy atom. The number of amides is 1. The molecule has 10 heteroatoms. The van der Waals surface area contributed by atoms with E-state index in [1.54, 1.807) is 18.2 Å². The normalized spacial score (nSPS) is 20.0. The van der Waals surface area contributed by atoms with Crippen LogP contribution in [0.2, 0.25) is 10.0 Å². The summed E-state index contributed by atoms with van der Waals surface area (Å²) in [5.74, 6) is -1.44. The van der Waals surface area contributed by atoms with Crippen LogP contribution in [0, 0.1) is 5.92 Å². The summed E-state index contributed by atoms with van der Waals surface area (Å²) in [6, 6.07) is 4.81. The first-order valence-corrected chi connectivity index (χ1v) is 9.24. The van der Waals surface area contributed by atoms with Gasteiger partial charge in [-0.3, -0.25) is 4.79 Å². The molecule has 2 atom stereocenters. The Bertz CT molecular complexity index is 847. The molecule has 1 fully saturated rings. The molecule has 28 heavy (non-hydrogen) atoms. The fourth-order valence-electron chi connectivity index (χ4n) is 2.95. The highest BCUT2D eigenvalue weighted by atomic mass is 35.5. The van der Waals surface area contributed by atoms with E-state index in [0.717, 1.165) is 12.4 Å². The molecule has 1 N–H and O–H groups in total. The van der Waals surface area contributed by atoms with Crippen molar-refractivity contribution in [1.29, 1.82) is 0 Å². The summed E-state index contributed by atoms with van der Waals surface area (Å²) in [6.07, 6.45) is -1.51. The highest BCUT2D eigenvalue weighted by Crippen LogP contribution is 2.32. The predicted molar refractivity (Wildman–Crippen MR) is 97.2 cm³/mol. The lowest BCUT2D eigenvalue weighted by molar-refractivity contribution is -0.145. The lowest BCUT2D eigenvalue weighted by Crippen LogP contribution is -2.33. The number of hydrogen-bond donors (Lipinski definition) is 1. The molecule has 2 aromatic rings. The number of nitrogens with one attached hydrogen (secondary N) is 1. The summed E-state index contributed by atoms with van der Waals surface area (Å²) in [4.78, 5) is 19.1. The van der Waals surface area contributed by atoms with Crippen LogP contribution >= 0.6 is 23.2 Å². The van der Waals surface area contributed by atoms with Crippen LogP contribution in [-0.2, 0) is 10.9 Å². The van der Waals surface area contributed by atoms with Crippen molar-refractivity contribution < 1.29 is 22.7 Å². The average Bonchev–Trinajstić information content (AvgIpc) is 2.68. The first-order valence-electron chi connectivity index (χ1n) is 8.48. The van der Waals surface area contributed by atoms with Gasteiger partial charge >= 0.3 is 6.18 Å². The van der Waals surface area contributed by atoms with Crippen LogP contribution in [0.25, 0.3) is 0 Å². The summed E-state index contributed by atoms with van der Waals surface area (Å²) in [5.41, 5.74) is 0.760. The van der Waals surface area contributed by atoms with Gasteiger partial charge in [-0.05, 0) is 30.9 Å². The van der Waals surface area contributed by atoms with Gasteiger partial charge in [0.05, 0.1) is 21.7 Å². The monoisotopic (exact) mass is 433 g/mol. The molecule has 0 spiro atoms. The molecular formula is C18H16Cl2F3N3O2. The maximum Gasteiger partial charge on any atom is 0.451 e. The Morgan fingerprint density at radius 1 is 1.25 bits per heavy atom. The van der Waals surface area contributed by atoms with Crippen LogP contribution in [0.3, 0.4) is 0 Å². The van der Waals surface area contributed by atoms with Crippen LogP contribution in [0.5, 0.6) is 0 Å². The highest BCUT2D eigenvalue weighted by molar-refractivity contribution is 6.43. The minimum Gasteiger partial charge on any atom is -0.373 e. The molecule has 1 aromatic heterocycles. The van der Waals surface area contributed by atoms with Gasteiger partial charge < -0.3 is 10.1 Å². The van der Waals surface area contributed by atoms with Crippen LogP contribution in [0.15, 0.2) is 30.6 Å². The first kappa shape index (κ1) is 20.8. The zero-order chi connectivity index (χ0) is 20.3. The maximum atomic E-state index is 12.6. The van der Waals surface area contributed by atoms with E-state index in [1.165, 1.54) is 0 Å². The molecule has 1 aromatic carbocycles. The smallest absolute Gasteiger partial charge is 0.373 e. The van der Waals surface area contributed by atoms with E-state index in [2.05, 4.69) is 15.3 Å². The van der Waals surface area contributed by atoms with Gasteiger partial charge in [0.25, 0.3) is 5.91 Å². The summed E-state index contributed by atoms with van der Waals surface area (Å²) >= 11 is 12.0. The number of nitrogens with zero attached hydrogens (tertiary/aromatic N) is 2. The fourth-order valence-corrected chi connectivity index (χ4v) is 3.33. The van der Waals surface area contributed by atoms with Crippen molar-refractivity contribution in [3.05, 3.63) is 57.6 Å². The van der Waals surface area contributed by atoms with Crippen molar-refractivity contribution in [3.8, 4) is 0 Å². The van der Waals surface area contributed by atoms with E-state index >= 15 is 0 Å². The Hall–Kier alpha value is -1.90. The molecular weight excluding hydrogens is 418 g/mol. The fraction of sp³-hybridized carbons (Fsp3) is 0.389. The molecule has 3 rings (SSSR count). The lowest BCUT2D eigenvalue weighted by atomic mass is 9.93. The molecule has 1 aliphatic heterocycles. The highest BCUT2D eigenvalue weighted by Gasteiger charge is 2.35. The Balaban J connectivity index is 1.59. The quantitative estimate of drug-likeness (QED) is 0.758. The van der Waals surface area contributed by atoms with Crippen LogP contribution in [-0.4, -0.2) is 29.0 Å². The van der Waals surface area contributed by atoms with Crippen molar-refractivity contribution >= 4 is 29.1 Å². The third kappa shape index (κ3) is 4.92. The van der Waals surface area contributed by atoms with Crippen LogP contribution in [0.4, 0.5) is 13.2 Å². The van der Waals surface area contributed by atoms with E-state index in [-0.39, 0.29) is 22.4 Å². The van der Waals surface area contributed by atoms with Gasteiger partial charge in [0.2, 0.25) is 5.82 Å². The van der Waals surface area contributed by atoms with E-state index in [4.69, 9.17) is 27.9 Å². The van der Waals surface area contributed by atoms with E-state index in [1.807, 2.05) is 0 Å². The molecule has 1 amide bonds. The predicted octanol–water partition coefficient (Wildman–Crippen LogP) is 4.70. The number of benzene rings is 1. The summed E-state index contributed by atoms with van der Waals surface area (Å²) in [6.45, 7) is 0.799. The third-order valence-electron chi connectivity index (χ3n) is 4.44. The number of rotatable bonds is 4. The minimum absolute atomic E-state index is 0.0861. The van der Waals surface area contributed by atoms with Gasteiger partial charge in [0, 0.05) is 31.1 Å². The molecule has 0 radical (unpaired) electrons. The van der Waals surface area contributed by atoms with Gasteiger partial charge in [-0.25, -0.2) is 9.97 Å². The number of aromatic nitrogens is 2. The molecule has 0 saturated carbocycles. The van der Waals surface area contributed by atoms with Crippen molar-refractivity contribution in [1.82, 2.24) is 15.3 Å². The number of hydrogen-bond acceptors (Lipinski definition) is 4. The SMILES string of the molecule is O=C(NCC1CCOC(c2cnc(C(F)(F)F)nc2)C1)c1cccc(Cl)c1Cl. The van der Waals surface area contributed by atoms with Gasteiger partial charge in [0.15, 0.2) is 0 Å². The van der Waals surface area contributed by atoms with Gasteiger partial charge in [0.1, 0.15) is 0 Å². The second-order valence-corrected chi connectivity index (χ2v) is 7.18. The summed E-state index contributed by atoms with van der Waals surface area (Å²) in [5, 5.41) is 3.30. The number of carbonyl (C=O) groups is 1. The molecule has 1 saturated heterocycles. The van der Waals surface area contributed by atoms with Crippen molar-refractivity contribution in [3.63, 3.8) is 0 Å². The third-order valence-corrected chi connectivity index (χ3v) is 5.26.